The molecule has 0 spiro atoms. The van der Waals surface area contributed by atoms with Crippen molar-refractivity contribution in [2.24, 2.45) is 5.73 Å². The van der Waals surface area contributed by atoms with E-state index in [2.05, 4.69) is 4.98 Å². The molecule has 2 N–H and O–H groups in total. The molecule has 100 valence electrons. The predicted octanol–water partition coefficient (Wildman–Crippen LogP) is 2.67. The zero-order valence-corrected chi connectivity index (χ0v) is 9.78. The van der Waals surface area contributed by atoms with Gasteiger partial charge < -0.3 is 10.5 Å². The molecule has 2 rings (SSSR count). The first-order valence-electron chi connectivity index (χ1n) is 5.89. The van der Waals surface area contributed by atoms with Gasteiger partial charge in [-0.3, -0.25) is 4.98 Å². The maximum absolute atomic E-state index is 12.4. The standard InChI is InChI=1S/C12H15F3N2O/c13-12(14,15)11-5-4-8(7-17-11)10-3-1-2-9(6-16)18-10/h4-5,7,9-10H,1-3,6,16H2. The van der Waals surface area contributed by atoms with Gasteiger partial charge in [0.15, 0.2) is 0 Å². The second kappa shape index (κ2) is 5.24. The van der Waals surface area contributed by atoms with Crippen LogP contribution in [-0.2, 0) is 10.9 Å². The Bertz CT molecular complexity index is 391. The maximum atomic E-state index is 12.4. The van der Waals surface area contributed by atoms with Gasteiger partial charge >= 0.3 is 6.18 Å². The molecule has 0 bridgehead atoms. The molecule has 0 saturated carbocycles. The van der Waals surface area contributed by atoms with Gasteiger partial charge in [-0.2, -0.15) is 13.2 Å². The summed E-state index contributed by atoms with van der Waals surface area (Å²) in [4.78, 5) is 3.44. The minimum Gasteiger partial charge on any atom is -0.369 e. The minimum atomic E-state index is -4.40. The SMILES string of the molecule is NCC1CCCC(c2ccc(C(F)(F)F)nc2)O1. The summed E-state index contributed by atoms with van der Waals surface area (Å²) in [6.07, 6.45) is -0.691. The third-order valence-corrected chi connectivity index (χ3v) is 3.06. The van der Waals surface area contributed by atoms with Crippen LogP contribution in [0.5, 0.6) is 0 Å². The molecule has 2 heterocycles. The van der Waals surface area contributed by atoms with Gasteiger partial charge in [-0.05, 0) is 30.9 Å². The normalized spacial score (nSPS) is 25.1. The Morgan fingerprint density at radius 3 is 2.67 bits per heavy atom. The van der Waals surface area contributed by atoms with Gasteiger partial charge in [-0.15, -0.1) is 0 Å². The van der Waals surface area contributed by atoms with Gasteiger partial charge in [0.25, 0.3) is 0 Å². The van der Waals surface area contributed by atoms with Crippen molar-refractivity contribution in [3.63, 3.8) is 0 Å². The van der Waals surface area contributed by atoms with Crippen LogP contribution in [0.3, 0.4) is 0 Å². The van der Waals surface area contributed by atoms with Gasteiger partial charge in [0.1, 0.15) is 5.69 Å². The Labute approximate surface area is 103 Å². The van der Waals surface area contributed by atoms with E-state index in [9.17, 15) is 13.2 Å². The van der Waals surface area contributed by atoms with Crippen molar-refractivity contribution >= 4 is 0 Å². The van der Waals surface area contributed by atoms with Gasteiger partial charge in [0, 0.05) is 12.7 Å². The van der Waals surface area contributed by atoms with E-state index in [1.54, 1.807) is 0 Å². The first kappa shape index (κ1) is 13.3. The zero-order chi connectivity index (χ0) is 13.2. The monoisotopic (exact) mass is 260 g/mol. The number of nitrogens with two attached hydrogens (primary N) is 1. The first-order valence-corrected chi connectivity index (χ1v) is 5.89. The number of hydrogen-bond acceptors (Lipinski definition) is 3. The molecule has 3 nitrogen and oxygen atoms in total. The number of halogens is 3. The molecule has 2 unspecified atom stereocenters. The van der Waals surface area contributed by atoms with Crippen LogP contribution in [0.2, 0.25) is 0 Å². The third kappa shape index (κ3) is 3.00. The number of aromatic nitrogens is 1. The Kier molecular flexibility index (Phi) is 3.87. The van der Waals surface area contributed by atoms with Crippen LogP contribution in [0, 0.1) is 0 Å². The summed E-state index contributed by atoms with van der Waals surface area (Å²) in [6, 6.07) is 2.42. The van der Waals surface area contributed by atoms with E-state index in [4.69, 9.17) is 10.5 Å². The smallest absolute Gasteiger partial charge is 0.369 e. The van der Waals surface area contributed by atoms with Crippen LogP contribution in [0.1, 0.15) is 36.6 Å². The molecule has 1 aliphatic heterocycles. The maximum Gasteiger partial charge on any atom is 0.433 e. The summed E-state index contributed by atoms with van der Waals surface area (Å²) in [5.74, 6) is 0. The van der Waals surface area contributed by atoms with Crippen LogP contribution in [0.25, 0.3) is 0 Å². The minimum absolute atomic E-state index is 0.00829. The fourth-order valence-electron chi connectivity index (χ4n) is 2.08. The Morgan fingerprint density at radius 1 is 1.33 bits per heavy atom. The highest BCUT2D eigenvalue weighted by Gasteiger charge is 2.32. The predicted molar refractivity (Wildman–Crippen MR) is 59.8 cm³/mol. The molecule has 0 radical (unpaired) electrons. The molecule has 18 heavy (non-hydrogen) atoms. The summed E-state index contributed by atoms with van der Waals surface area (Å²) in [7, 11) is 0. The molecule has 0 amide bonds. The average molecular weight is 260 g/mol. The lowest BCUT2D eigenvalue weighted by Gasteiger charge is -2.29. The van der Waals surface area contributed by atoms with Crippen molar-refractivity contribution in [1.29, 1.82) is 0 Å². The summed E-state index contributed by atoms with van der Waals surface area (Å²) >= 11 is 0. The lowest BCUT2D eigenvalue weighted by atomic mass is 9.99. The molecule has 1 aliphatic rings. The van der Waals surface area contributed by atoms with E-state index in [-0.39, 0.29) is 12.2 Å². The second-order valence-corrected chi connectivity index (χ2v) is 4.39. The molecule has 1 aromatic heterocycles. The quantitative estimate of drug-likeness (QED) is 0.889. The summed E-state index contributed by atoms with van der Waals surface area (Å²) in [5, 5.41) is 0. The van der Waals surface area contributed by atoms with E-state index in [0.717, 1.165) is 25.3 Å². The Balaban J connectivity index is 2.09. The number of pyridine rings is 1. The molecule has 1 fully saturated rings. The second-order valence-electron chi connectivity index (χ2n) is 4.39. The topological polar surface area (TPSA) is 48.1 Å². The Morgan fingerprint density at radius 2 is 2.11 bits per heavy atom. The molecule has 6 heteroatoms. The first-order chi connectivity index (χ1) is 8.50. The van der Waals surface area contributed by atoms with Crippen LogP contribution in [0.15, 0.2) is 18.3 Å². The fraction of sp³-hybridized carbons (Fsp3) is 0.583. The molecule has 1 aromatic rings. The third-order valence-electron chi connectivity index (χ3n) is 3.06. The van der Waals surface area contributed by atoms with Crippen LogP contribution in [-0.4, -0.2) is 17.6 Å². The Hall–Kier alpha value is -1.14. The highest BCUT2D eigenvalue weighted by atomic mass is 19.4. The molecule has 1 saturated heterocycles. The largest absolute Gasteiger partial charge is 0.433 e. The highest BCUT2D eigenvalue weighted by Crippen LogP contribution is 2.32. The van der Waals surface area contributed by atoms with E-state index in [1.165, 1.54) is 12.3 Å². The average Bonchev–Trinajstić information content (AvgIpc) is 2.38. The van der Waals surface area contributed by atoms with Crippen molar-refractivity contribution in [3.05, 3.63) is 29.6 Å². The molecule has 2 atom stereocenters. The number of rotatable bonds is 2. The zero-order valence-electron chi connectivity index (χ0n) is 9.78. The number of nitrogens with zero attached hydrogens (tertiary/aromatic N) is 1. The van der Waals surface area contributed by atoms with Crippen LogP contribution in [0.4, 0.5) is 13.2 Å². The van der Waals surface area contributed by atoms with E-state index >= 15 is 0 Å². The lowest BCUT2D eigenvalue weighted by Crippen LogP contribution is -2.29. The van der Waals surface area contributed by atoms with Crippen molar-refractivity contribution in [2.45, 2.75) is 37.6 Å². The fourth-order valence-corrected chi connectivity index (χ4v) is 2.08. The summed E-state index contributed by atoms with van der Waals surface area (Å²) < 4.78 is 42.8. The van der Waals surface area contributed by atoms with Gasteiger partial charge in [-0.1, -0.05) is 6.07 Å². The van der Waals surface area contributed by atoms with Gasteiger partial charge in [0.05, 0.1) is 12.2 Å². The van der Waals surface area contributed by atoms with Gasteiger partial charge in [0.2, 0.25) is 0 Å². The summed E-state index contributed by atoms with van der Waals surface area (Å²) in [6.45, 7) is 0.435. The van der Waals surface area contributed by atoms with Gasteiger partial charge in [-0.25, -0.2) is 0 Å². The molecular weight excluding hydrogens is 245 g/mol. The van der Waals surface area contributed by atoms with Crippen LogP contribution < -0.4 is 5.73 Å². The van der Waals surface area contributed by atoms with E-state index in [0.29, 0.717) is 12.1 Å². The molecule has 0 aromatic carbocycles. The van der Waals surface area contributed by atoms with E-state index < -0.39 is 11.9 Å². The van der Waals surface area contributed by atoms with E-state index in [1.807, 2.05) is 0 Å². The molecular formula is C12H15F3N2O. The number of ether oxygens (including phenoxy) is 1. The van der Waals surface area contributed by atoms with Crippen molar-refractivity contribution in [1.82, 2.24) is 4.98 Å². The van der Waals surface area contributed by atoms with Crippen molar-refractivity contribution < 1.29 is 17.9 Å². The molecule has 0 aliphatic carbocycles. The van der Waals surface area contributed by atoms with Crippen molar-refractivity contribution in [3.8, 4) is 0 Å². The van der Waals surface area contributed by atoms with Crippen LogP contribution >= 0.6 is 0 Å². The van der Waals surface area contributed by atoms with Crippen molar-refractivity contribution in [2.75, 3.05) is 6.54 Å². The lowest BCUT2D eigenvalue weighted by molar-refractivity contribution is -0.141. The number of hydrogen-bond donors (Lipinski definition) is 1. The summed E-state index contributed by atoms with van der Waals surface area (Å²) in [5.41, 5.74) is 5.34. The highest BCUT2D eigenvalue weighted by molar-refractivity contribution is 5.18. The number of alkyl halides is 3.